The fraction of sp³-hybridized carbons (Fsp3) is 1.00. The average molecular weight is 254 g/mol. The molecule has 0 spiro atoms. The molecule has 0 heterocycles. The smallest absolute Gasteiger partial charge is 0.173 e. The predicted octanol–water partition coefficient (Wildman–Crippen LogP) is 1.13. The Balaban J connectivity index is 3.35. The van der Waals surface area contributed by atoms with Gasteiger partial charge in [0, 0.05) is 11.5 Å². The highest BCUT2D eigenvalue weighted by Crippen LogP contribution is 2.42. The van der Waals surface area contributed by atoms with Gasteiger partial charge in [-0.3, -0.25) is 0 Å². The Bertz CT molecular complexity index is 377. The van der Waals surface area contributed by atoms with Crippen LogP contribution in [-0.4, -0.2) is 32.4 Å². The SMILES string of the molecule is CCS(=O)(=O)C1(S(=O)(=O)CC)CCCC1. The molecule has 0 aromatic rings. The summed E-state index contributed by atoms with van der Waals surface area (Å²) in [7, 11) is -7.03. The van der Waals surface area contributed by atoms with Gasteiger partial charge >= 0.3 is 0 Å². The van der Waals surface area contributed by atoms with E-state index in [0.29, 0.717) is 12.8 Å². The second-order valence-electron chi connectivity index (χ2n) is 3.92. The lowest BCUT2D eigenvalue weighted by atomic mass is 10.4. The van der Waals surface area contributed by atoms with E-state index in [0.717, 1.165) is 0 Å². The van der Waals surface area contributed by atoms with Crippen LogP contribution in [-0.2, 0) is 19.7 Å². The molecule has 0 radical (unpaired) electrons. The number of hydrogen-bond donors (Lipinski definition) is 0. The fourth-order valence-corrected chi connectivity index (χ4v) is 7.38. The van der Waals surface area contributed by atoms with E-state index in [9.17, 15) is 16.8 Å². The molecule has 0 aliphatic heterocycles. The third-order valence-corrected chi connectivity index (χ3v) is 9.39. The molecule has 0 aromatic heterocycles. The molecule has 15 heavy (non-hydrogen) atoms. The van der Waals surface area contributed by atoms with Gasteiger partial charge in [0.1, 0.15) is 0 Å². The topological polar surface area (TPSA) is 68.3 Å². The minimum absolute atomic E-state index is 0.0910. The molecule has 4 nitrogen and oxygen atoms in total. The van der Waals surface area contributed by atoms with Crippen LogP contribution >= 0.6 is 0 Å². The summed E-state index contributed by atoms with van der Waals surface area (Å²) in [6.45, 7) is 3.03. The molecule has 1 fully saturated rings. The molecule has 1 rings (SSSR count). The summed E-state index contributed by atoms with van der Waals surface area (Å²) >= 11 is 0. The van der Waals surface area contributed by atoms with Gasteiger partial charge in [-0.25, -0.2) is 16.8 Å². The first-order valence-corrected chi connectivity index (χ1v) is 8.58. The Morgan fingerprint density at radius 3 is 1.47 bits per heavy atom. The molecule has 1 aliphatic rings. The van der Waals surface area contributed by atoms with Crippen molar-refractivity contribution in [3.05, 3.63) is 0 Å². The zero-order chi connectivity index (χ0) is 11.7. The van der Waals surface area contributed by atoms with Crippen LogP contribution in [0.5, 0.6) is 0 Å². The van der Waals surface area contributed by atoms with Gasteiger partial charge < -0.3 is 0 Å². The normalized spacial score (nSPS) is 21.7. The third-order valence-electron chi connectivity index (χ3n) is 3.26. The van der Waals surface area contributed by atoms with Gasteiger partial charge in [0.05, 0.1) is 0 Å². The van der Waals surface area contributed by atoms with Crippen molar-refractivity contribution in [1.82, 2.24) is 0 Å². The molecule has 1 saturated carbocycles. The summed E-state index contributed by atoms with van der Waals surface area (Å²) in [5.74, 6) is -0.182. The van der Waals surface area contributed by atoms with Gasteiger partial charge in [0.25, 0.3) is 0 Å². The van der Waals surface area contributed by atoms with Crippen LogP contribution in [0.2, 0.25) is 0 Å². The summed E-state index contributed by atoms with van der Waals surface area (Å²) in [4.78, 5) is 0. The quantitative estimate of drug-likeness (QED) is 0.754. The summed E-state index contributed by atoms with van der Waals surface area (Å²) in [5, 5.41) is 0. The molecule has 0 amide bonds. The van der Waals surface area contributed by atoms with E-state index in [-0.39, 0.29) is 24.3 Å². The molecule has 0 bridgehead atoms. The zero-order valence-corrected chi connectivity index (χ0v) is 10.8. The van der Waals surface area contributed by atoms with Gasteiger partial charge in [0.15, 0.2) is 23.8 Å². The Labute approximate surface area is 91.9 Å². The predicted molar refractivity (Wildman–Crippen MR) is 60.1 cm³/mol. The Hall–Kier alpha value is -0.100. The van der Waals surface area contributed by atoms with Gasteiger partial charge in [-0.15, -0.1) is 0 Å². The van der Waals surface area contributed by atoms with Crippen molar-refractivity contribution in [2.75, 3.05) is 11.5 Å². The van der Waals surface area contributed by atoms with Crippen LogP contribution in [0, 0.1) is 0 Å². The fourth-order valence-electron chi connectivity index (χ4n) is 2.26. The van der Waals surface area contributed by atoms with E-state index < -0.39 is 23.8 Å². The van der Waals surface area contributed by atoms with E-state index in [1.165, 1.54) is 13.8 Å². The maximum Gasteiger partial charge on any atom is 0.173 e. The summed E-state index contributed by atoms with van der Waals surface area (Å²) < 4.78 is 46.3. The molecule has 0 aromatic carbocycles. The van der Waals surface area contributed by atoms with Crippen LogP contribution < -0.4 is 0 Å². The van der Waals surface area contributed by atoms with Gasteiger partial charge in [-0.2, -0.15) is 0 Å². The first-order chi connectivity index (χ1) is 6.83. The molecule has 90 valence electrons. The lowest BCUT2D eigenvalue weighted by molar-refractivity contribution is 0.540. The summed E-state index contributed by atoms with van der Waals surface area (Å²) in [6, 6.07) is 0. The lowest BCUT2D eigenvalue weighted by Gasteiger charge is -2.27. The first-order valence-electron chi connectivity index (χ1n) is 5.27. The Morgan fingerprint density at radius 1 is 0.867 bits per heavy atom. The molecule has 0 N–H and O–H groups in total. The van der Waals surface area contributed by atoms with Gasteiger partial charge in [0.2, 0.25) is 0 Å². The lowest BCUT2D eigenvalue weighted by Crippen LogP contribution is -2.45. The van der Waals surface area contributed by atoms with Crippen LogP contribution in [0.1, 0.15) is 39.5 Å². The summed E-state index contributed by atoms with van der Waals surface area (Å²) in [6.07, 6.45) is 1.94. The largest absolute Gasteiger partial charge is 0.227 e. The van der Waals surface area contributed by atoms with Crippen molar-refractivity contribution < 1.29 is 16.8 Å². The van der Waals surface area contributed by atoms with Crippen molar-refractivity contribution in [2.45, 2.75) is 43.6 Å². The summed E-state index contributed by atoms with van der Waals surface area (Å²) in [5.41, 5.74) is 0. The van der Waals surface area contributed by atoms with E-state index >= 15 is 0 Å². The molecule has 0 atom stereocenters. The number of hydrogen-bond acceptors (Lipinski definition) is 4. The molecule has 0 saturated heterocycles. The molecule has 0 unspecified atom stereocenters. The van der Waals surface area contributed by atoms with Crippen molar-refractivity contribution >= 4 is 19.7 Å². The Morgan fingerprint density at radius 2 is 1.20 bits per heavy atom. The average Bonchev–Trinajstić information content (AvgIpc) is 2.68. The number of sulfone groups is 2. The first kappa shape index (κ1) is 13.0. The standard InChI is InChI=1S/C9H18O4S2/c1-3-14(10,11)9(7-5-6-8-9)15(12,13)4-2/h3-8H2,1-2H3. The minimum atomic E-state index is -3.52. The van der Waals surface area contributed by atoms with Crippen molar-refractivity contribution in [2.24, 2.45) is 0 Å². The second-order valence-corrected chi connectivity index (χ2v) is 9.36. The highest BCUT2D eigenvalue weighted by molar-refractivity contribution is 8.10. The zero-order valence-electron chi connectivity index (χ0n) is 9.19. The third kappa shape index (κ3) is 1.82. The van der Waals surface area contributed by atoms with E-state index in [1.54, 1.807) is 0 Å². The van der Waals surface area contributed by atoms with Crippen LogP contribution in [0.3, 0.4) is 0 Å². The van der Waals surface area contributed by atoms with Crippen molar-refractivity contribution in [3.8, 4) is 0 Å². The minimum Gasteiger partial charge on any atom is -0.227 e. The van der Waals surface area contributed by atoms with Crippen LogP contribution in [0.4, 0.5) is 0 Å². The van der Waals surface area contributed by atoms with E-state index in [2.05, 4.69) is 0 Å². The van der Waals surface area contributed by atoms with Crippen molar-refractivity contribution in [1.29, 1.82) is 0 Å². The highest BCUT2D eigenvalue weighted by Gasteiger charge is 2.54. The van der Waals surface area contributed by atoms with E-state index in [1.807, 2.05) is 0 Å². The maximum atomic E-state index is 11.9. The van der Waals surface area contributed by atoms with Gasteiger partial charge in [-0.05, 0) is 12.8 Å². The number of rotatable bonds is 4. The van der Waals surface area contributed by atoms with Gasteiger partial charge in [-0.1, -0.05) is 26.7 Å². The van der Waals surface area contributed by atoms with Crippen molar-refractivity contribution in [3.63, 3.8) is 0 Å². The molecule has 1 aliphatic carbocycles. The molecular weight excluding hydrogens is 236 g/mol. The molecular formula is C9H18O4S2. The Kier molecular flexibility index (Phi) is 3.50. The second kappa shape index (κ2) is 4.05. The molecule has 6 heteroatoms. The van der Waals surface area contributed by atoms with Crippen LogP contribution in [0.15, 0.2) is 0 Å². The maximum absolute atomic E-state index is 11.9. The monoisotopic (exact) mass is 254 g/mol. The van der Waals surface area contributed by atoms with E-state index in [4.69, 9.17) is 0 Å². The highest BCUT2D eigenvalue weighted by atomic mass is 32.3. The van der Waals surface area contributed by atoms with Crippen LogP contribution in [0.25, 0.3) is 0 Å².